The maximum atomic E-state index is 13.2. The minimum atomic E-state index is -4.91. The van der Waals surface area contributed by atoms with E-state index in [9.17, 15) is 28.8 Å². The Labute approximate surface area is 311 Å². The van der Waals surface area contributed by atoms with Crippen LogP contribution >= 0.6 is 15.6 Å². The summed E-state index contributed by atoms with van der Waals surface area (Å²) in [6.07, 6.45) is 7.04. The molecule has 2 aliphatic rings. The number of anilines is 2. The molecular formula is C31H50N8O13P2. The van der Waals surface area contributed by atoms with Gasteiger partial charge in [0, 0.05) is 25.6 Å². The Morgan fingerprint density at radius 3 is 2.04 bits per heavy atom. The van der Waals surface area contributed by atoms with E-state index in [-0.39, 0.29) is 37.7 Å². The van der Waals surface area contributed by atoms with Crippen molar-refractivity contribution in [1.82, 2.24) is 29.1 Å². The van der Waals surface area contributed by atoms with Gasteiger partial charge in [-0.25, -0.2) is 28.9 Å². The smallest absolute Gasteiger partial charge is 0.396 e. The number of aliphatic hydroxyl groups excluding tert-OH is 2. The number of aromatic nitrogens is 6. The largest absolute Gasteiger partial charge is 0.472 e. The van der Waals surface area contributed by atoms with Crippen LogP contribution in [-0.2, 0) is 36.7 Å². The first-order valence-electron chi connectivity index (χ1n) is 18.0. The molecule has 5 heterocycles. The second kappa shape index (κ2) is 19.8. The summed E-state index contributed by atoms with van der Waals surface area (Å²) >= 11 is 0. The van der Waals surface area contributed by atoms with Gasteiger partial charge in [0.25, 0.3) is 0 Å². The van der Waals surface area contributed by atoms with Gasteiger partial charge in [-0.05, 0) is 18.9 Å². The molecule has 0 aliphatic carbocycles. The molecule has 3 aromatic heterocycles. The zero-order valence-corrected chi connectivity index (χ0v) is 31.6. The highest BCUT2D eigenvalue weighted by molar-refractivity contribution is 7.47. The number of fused-ring (bicyclic) bond motifs is 1. The quantitative estimate of drug-likeness (QED) is 0.0593. The zero-order chi connectivity index (χ0) is 38.7. The van der Waals surface area contributed by atoms with Crippen molar-refractivity contribution in [2.75, 3.05) is 37.9 Å². The third-order valence-electron chi connectivity index (χ3n) is 9.15. The molecule has 0 radical (unpaired) electrons. The lowest BCUT2D eigenvalue weighted by atomic mass is 10.1. The van der Waals surface area contributed by atoms with E-state index in [0.29, 0.717) is 17.6 Å². The van der Waals surface area contributed by atoms with Gasteiger partial charge >= 0.3 is 21.3 Å². The highest BCUT2D eigenvalue weighted by Gasteiger charge is 2.45. The molecule has 54 heavy (non-hydrogen) atoms. The summed E-state index contributed by atoms with van der Waals surface area (Å²) in [5.74, 6) is 0.122. The second-order valence-corrected chi connectivity index (χ2v) is 16.0. The second-order valence-electron chi connectivity index (χ2n) is 13.2. The first kappa shape index (κ1) is 42.2. The van der Waals surface area contributed by atoms with E-state index in [1.165, 1.54) is 29.5 Å². The number of imidazole rings is 1. The topological polar surface area (TPSA) is 301 Å². The van der Waals surface area contributed by atoms with Crippen LogP contribution in [0.25, 0.3) is 11.2 Å². The number of phosphoric acid groups is 2. The number of ether oxygens (including phenoxy) is 2. The van der Waals surface area contributed by atoms with E-state index < -0.39 is 71.4 Å². The Balaban J connectivity index is 1.17. The predicted molar refractivity (Wildman–Crippen MR) is 191 cm³/mol. The first-order valence-corrected chi connectivity index (χ1v) is 21.0. The number of phosphoric ester groups is 2. The number of nitrogens with zero attached hydrogens (tertiary/aromatic N) is 6. The Morgan fingerprint density at radius 1 is 0.796 bits per heavy atom. The minimum Gasteiger partial charge on any atom is -0.396 e. The lowest BCUT2D eigenvalue weighted by molar-refractivity contribution is -0.0564. The van der Waals surface area contributed by atoms with Crippen molar-refractivity contribution in [3.63, 3.8) is 0 Å². The Bertz CT molecular complexity index is 1800. The highest BCUT2D eigenvalue weighted by Crippen LogP contribution is 2.51. The lowest BCUT2D eigenvalue weighted by Gasteiger charge is -2.23. The van der Waals surface area contributed by atoms with Crippen molar-refractivity contribution in [3.05, 3.63) is 35.4 Å². The van der Waals surface area contributed by atoms with Crippen LogP contribution < -0.4 is 17.2 Å². The van der Waals surface area contributed by atoms with Crippen molar-refractivity contribution in [1.29, 1.82) is 0 Å². The number of aliphatic hydroxyl groups is 2. The van der Waals surface area contributed by atoms with E-state index in [1.807, 2.05) is 0 Å². The van der Waals surface area contributed by atoms with Crippen LogP contribution in [0.2, 0.25) is 0 Å². The molecule has 0 saturated carbocycles. The van der Waals surface area contributed by atoms with Crippen LogP contribution in [0.4, 0.5) is 11.6 Å². The average molecular weight is 805 g/mol. The molecule has 302 valence electrons. The molecule has 23 heteroatoms. The van der Waals surface area contributed by atoms with Crippen LogP contribution in [0.5, 0.6) is 0 Å². The third kappa shape index (κ3) is 11.8. The summed E-state index contributed by atoms with van der Waals surface area (Å²) in [6.45, 7) is -1.03. The van der Waals surface area contributed by atoms with E-state index >= 15 is 0 Å². The molecule has 0 amide bonds. The molecule has 21 nitrogen and oxygen atoms in total. The van der Waals surface area contributed by atoms with E-state index in [2.05, 4.69) is 19.9 Å². The van der Waals surface area contributed by atoms with Crippen molar-refractivity contribution >= 4 is 38.4 Å². The van der Waals surface area contributed by atoms with Gasteiger partial charge < -0.3 is 40.9 Å². The van der Waals surface area contributed by atoms with Gasteiger partial charge in [-0.2, -0.15) is 4.98 Å². The Hall–Kier alpha value is -2.91. The lowest BCUT2D eigenvalue weighted by Crippen LogP contribution is -2.30. The Morgan fingerprint density at radius 2 is 1.39 bits per heavy atom. The van der Waals surface area contributed by atoms with Crippen molar-refractivity contribution < 1.29 is 56.7 Å². The normalized spacial score (nSPS) is 25.3. The van der Waals surface area contributed by atoms with Crippen molar-refractivity contribution in [2.45, 2.75) is 114 Å². The maximum absolute atomic E-state index is 13.2. The van der Waals surface area contributed by atoms with Crippen LogP contribution in [0, 0.1) is 0 Å². The summed E-state index contributed by atoms with van der Waals surface area (Å²) in [5.41, 5.74) is 11.4. The summed E-state index contributed by atoms with van der Waals surface area (Å²) in [6, 6.07) is 1.37. The maximum Gasteiger partial charge on any atom is 0.472 e. The number of hydrogen-bond acceptors (Lipinski definition) is 17. The average Bonchev–Trinajstić information content (AvgIpc) is 3.84. The van der Waals surface area contributed by atoms with Gasteiger partial charge in [0.1, 0.15) is 54.5 Å². The molecule has 2 fully saturated rings. The predicted octanol–water partition coefficient (Wildman–Crippen LogP) is 2.71. The molecule has 0 bridgehead atoms. The molecule has 2 aliphatic heterocycles. The third-order valence-corrected chi connectivity index (χ3v) is 11.2. The van der Waals surface area contributed by atoms with Gasteiger partial charge in [-0.3, -0.25) is 27.2 Å². The first-order chi connectivity index (χ1) is 25.9. The van der Waals surface area contributed by atoms with E-state index in [4.69, 9.17) is 44.1 Å². The molecule has 5 rings (SSSR count). The van der Waals surface area contributed by atoms with Crippen LogP contribution in [0.15, 0.2) is 29.7 Å². The van der Waals surface area contributed by atoms with Crippen molar-refractivity contribution in [3.8, 4) is 0 Å². The standard InChI is InChI=1S/C31H50N8O13P2/c32-25-11-12-38(31(42)37-25)26-15-21(23(17-41)49-26)51-54(45,46)48-18-24-22(16-27(50-24)39-20-36-28-29(33)34-19-35-30(28)39)52-53(43,44)47-14-10-8-6-4-2-1-3-5-7-9-13-40/h11-12,19-24,26-27,40-41H,1-10,13-18H2,(H,43,44)(H,45,46)(H2,32,37,42)(H2,33,34,35)/t21-,22-,23+,24+,26+,27+/m0/s1. The van der Waals surface area contributed by atoms with Crippen LogP contribution in [-0.4, -0.2) is 99.9 Å². The van der Waals surface area contributed by atoms with Gasteiger partial charge in [-0.15, -0.1) is 0 Å². The molecule has 2 saturated heterocycles. The summed E-state index contributed by atoms with van der Waals surface area (Å²) in [7, 11) is -9.54. The van der Waals surface area contributed by atoms with E-state index in [1.54, 1.807) is 0 Å². The molecule has 0 aromatic carbocycles. The molecular weight excluding hydrogens is 754 g/mol. The SMILES string of the molecule is Nc1ccn([C@H]2C[C@H](OP(=O)(O)OC[C@H]3O[C@@H](n4cnc5c(N)ncnc54)C[C@@H]3OP(=O)(O)OCCCCCCCCCCCCO)[C@@H](CO)O2)c(=O)n1. The molecule has 8 N–H and O–H groups in total. The van der Waals surface area contributed by atoms with Gasteiger partial charge in [0.15, 0.2) is 11.5 Å². The zero-order valence-electron chi connectivity index (χ0n) is 29.8. The van der Waals surface area contributed by atoms with Crippen LogP contribution in [0.1, 0.15) is 89.5 Å². The number of nitrogens with two attached hydrogens (primary N) is 2. The van der Waals surface area contributed by atoms with Gasteiger partial charge in [0.2, 0.25) is 0 Å². The molecule has 2 unspecified atom stereocenters. The van der Waals surface area contributed by atoms with Gasteiger partial charge in [-0.1, -0.05) is 51.4 Å². The number of rotatable bonds is 23. The molecule has 8 atom stereocenters. The fourth-order valence-corrected chi connectivity index (χ4v) is 8.33. The highest BCUT2D eigenvalue weighted by atomic mass is 31.2. The summed E-state index contributed by atoms with van der Waals surface area (Å²) in [4.78, 5) is 49.7. The van der Waals surface area contributed by atoms with Crippen molar-refractivity contribution in [2.24, 2.45) is 0 Å². The number of unbranched alkanes of at least 4 members (excludes halogenated alkanes) is 9. The molecule has 3 aromatic rings. The monoisotopic (exact) mass is 804 g/mol. The van der Waals surface area contributed by atoms with Crippen LogP contribution in [0.3, 0.4) is 0 Å². The fourth-order valence-electron chi connectivity index (χ4n) is 6.38. The minimum absolute atomic E-state index is 0.00498. The fraction of sp³-hybridized carbons (Fsp3) is 0.710. The molecule has 0 spiro atoms. The summed E-state index contributed by atoms with van der Waals surface area (Å²) in [5, 5.41) is 18.7. The van der Waals surface area contributed by atoms with Gasteiger partial charge in [0.05, 0.1) is 26.1 Å². The Kier molecular flexibility index (Phi) is 15.5. The summed E-state index contributed by atoms with van der Waals surface area (Å²) < 4.78 is 62.2. The van der Waals surface area contributed by atoms with E-state index in [0.717, 1.165) is 62.4 Å². The number of hydrogen-bond donors (Lipinski definition) is 6. The number of nitrogen functional groups attached to an aromatic ring is 2.